The van der Waals surface area contributed by atoms with Crippen LogP contribution in [0.3, 0.4) is 0 Å². The van der Waals surface area contributed by atoms with Gasteiger partial charge in [0.25, 0.3) is 10.0 Å². The first kappa shape index (κ1) is 21.4. The molecule has 1 N–H and O–H groups in total. The highest BCUT2D eigenvalue weighted by Crippen LogP contribution is 2.27. The molecule has 0 saturated carbocycles. The molecule has 0 aliphatic heterocycles. The average Bonchev–Trinajstić information content (AvgIpc) is 2.83. The van der Waals surface area contributed by atoms with E-state index in [4.69, 9.17) is 0 Å². The Kier molecular flexibility index (Phi) is 6.03. The molecule has 0 amide bonds. The number of hydrogen-bond acceptors (Lipinski definition) is 5. The van der Waals surface area contributed by atoms with Crippen molar-refractivity contribution in [1.29, 1.82) is 0 Å². The number of nitrogens with zero attached hydrogens (tertiary/aromatic N) is 3. The van der Waals surface area contributed by atoms with E-state index < -0.39 is 20.0 Å². The molecule has 27 heavy (non-hydrogen) atoms. The monoisotopic (exact) mass is 414 g/mol. The highest BCUT2D eigenvalue weighted by Gasteiger charge is 2.26. The largest absolute Gasteiger partial charge is 0.279 e. The van der Waals surface area contributed by atoms with Gasteiger partial charge in [-0.25, -0.2) is 16.8 Å². The molecule has 0 saturated heterocycles. The van der Waals surface area contributed by atoms with Crippen LogP contribution in [0.4, 0.5) is 5.69 Å². The number of hydrogen-bond donors (Lipinski definition) is 1. The maximum absolute atomic E-state index is 12.9. The summed E-state index contributed by atoms with van der Waals surface area (Å²) >= 11 is 0. The van der Waals surface area contributed by atoms with Crippen LogP contribution in [-0.4, -0.2) is 44.0 Å². The van der Waals surface area contributed by atoms with Gasteiger partial charge in [-0.3, -0.25) is 9.40 Å². The first-order valence-electron chi connectivity index (χ1n) is 8.59. The van der Waals surface area contributed by atoms with E-state index in [1.165, 1.54) is 21.1 Å². The molecule has 1 heterocycles. The van der Waals surface area contributed by atoms with E-state index in [9.17, 15) is 16.8 Å². The van der Waals surface area contributed by atoms with Gasteiger partial charge in [0.1, 0.15) is 4.90 Å². The predicted molar refractivity (Wildman–Crippen MR) is 105 cm³/mol. The van der Waals surface area contributed by atoms with Gasteiger partial charge < -0.3 is 0 Å². The minimum Gasteiger partial charge on any atom is -0.279 e. The molecule has 0 aliphatic rings. The van der Waals surface area contributed by atoms with Crippen LogP contribution in [0.25, 0.3) is 0 Å². The van der Waals surface area contributed by atoms with Gasteiger partial charge in [-0.1, -0.05) is 19.9 Å². The molecule has 0 aliphatic carbocycles. The van der Waals surface area contributed by atoms with E-state index in [1.54, 1.807) is 47.7 Å². The minimum absolute atomic E-state index is 0.0501. The molecule has 0 bridgehead atoms. The lowest BCUT2D eigenvalue weighted by Crippen LogP contribution is -2.30. The summed E-state index contributed by atoms with van der Waals surface area (Å²) in [4.78, 5) is 0.149. The summed E-state index contributed by atoms with van der Waals surface area (Å²) in [5.41, 5.74) is 1.73. The normalized spacial score (nSPS) is 12.6. The van der Waals surface area contributed by atoms with Gasteiger partial charge in [-0.05, 0) is 38.5 Å². The fraction of sp³-hybridized carbons (Fsp3) is 0.471. The molecule has 1 aromatic carbocycles. The second-order valence-corrected chi connectivity index (χ2v) is 9.85. The Hall–Kier alpha value is -1.91. The highest BCUT2D eigenvalue weighted by atomic mass is 32.2. The van der Waals surface area contributed by atoms with Crippen molar-refractivity contribution >= 4 is 25.7 Å². The number of anilines is 1. The molecule has 150 valence electrons. The zero-order valence-electron chi connectivity index (χ0n) is 16.4. The second-order valence-electron chi connectivity index (χ2n) is 6.30. The minimum atomic E-state index is -3.91. The summed E-state index contributed by atoms with van der Waals surface area (Å²) in [6.07, 6.45) is 0. The molecule has 0 atom stereocenters. The summed E-state index contributed by atoms with van der Waals surface area (Å²) < 4.78 is 56.6. The van der Waals surface area contributed by atoms with Crippen molar-refractivity contribution < 1.29 is 16.8 Å². The van der Waals surface area contributed by atoms with E-state index in [0.717, 1.165) is 0 Å². The Bertz CT molecular complexity index is 1050. The first-order chi connectivity index (χ1) is 12.5. The Labute approximate surface area is 161 Å². The molecule has 8 nitrogen and oxygen atoms in total. The number of nitrogens with one attached hydrogen (secondary N) is 1. The standard InChI is InChI=1S/C17H26N4O4S2/c1-7-21(8-2)27(24,25)15-10-9-12(3)16(11-15)19-26(22,23)17-13(4)18-20(6)14(17)5/h9-11,19H,7-8H2,1-6H3. The summed E-state index contributed by atoms with van der Waals surface area (Å²) in [6.45, 7) is 9.19. The van der Waals surface area contributed by atoms with Crippen molar-refractivity contribution in [3.8, 4) is 0 Å². The van der Waals surface area contributed by atoms with Gasteiger partial charge in [-0.15, -0.1) is 0 Å². The molecule has 0 unspecified atom stereocenters. The molecule has 0 fully saturated rings. The van der Waals surface area contributed by atoms with Crippen molar-refractivity contribution in [2.75, 3.05) is 17.8 Å². The van der Waals surface area contributed by atoms with E-state index in [2.05, 4.69) is 9.82 Å². The predicted octanol–water partition coefficient (Wildman–Crippen LogP) is 2.18. The molecule has 10 heteroatoms. The summed E-state index contributed by atoms with van der Waals surface area (Å²) in [7, 11) is -5.93. The van der Waals surface area contributed by atoms with E-state index >= 15 is 0 Å². The van der Waals surface area contributed by atoms with Crippen molar-refractivity contribution in [1.82, 2.24) is 14.1 Å². The van der Waals surface area contributed by atoms with Gasteiger partial charge >= 0.3 is 0 Å². The van der Waals surface area contributed by atoms with Crippen LogP contribution in [0.1, 0.15) is 30.8 Å². The molecule has 2 rings (SSSR count). The zero-order valence-corrected chi connectivity index (χ0v) is 18.1. The lowest BCUT2D eigenvalue weighted by atomic mass is 10.2. The smallest absolute Gasteiger partial charge is 0.265 e. The number of aromatic nitrogens is 2. The van der Waals surface area contributed by atoms with Crippen LogP contribution in [0.2, 0.25) is 0 Å². The van der Waals surface area contributed by atoms with E-state index in [1.807, 2.05) is 0 Å². The molecule has 2 aromatic rings. The van der Waals surface area contributed by atoms with Crippen LogP contribution in [-0.2, 0) is 27.1 Å². The second kappa shape index (κ2) is 7.61. The van der Waals surface area contributed by atoms with Gasteiger partial charge in [-0.2, -0.15) is 9.40 Å². The Morgan fingerprint density at radius 3 is 2.15 bits per heavy atom. The van der Waals surface area contributed by atoms with Crippen LogP contribution < -0.4 is 4.72 Å². The van der Waals surface area contributed by atoms with Crippen molar-refractivity contribution in [2.45, 2.75) is 44.4 Å². The van der Waals surface area contributed by atoms with E-state index in [-0.39, 0.29) is 15.5 Å². The van der Waals surface area contributed by atoms with Crippen LogP contribution >= 0.6 is 0 Å². The topological polar surface area (TPSA) is 101 Å². The Balaban J connectivity index is 2.51. The van der Waals surface area contributed by atoms with Crippen molar-refractivity contribution in [3.63, 3.8) is 0 Å². The summed E-state index contributed by atoms with van der Waals surface area (Å²) in [5, 5.41) is 4.14. The molecular weight excluding hydrogens is 388 g/mol. The third-order valence-corrected chi connectivity index (χ3v) is 8.17. The zero-order chi connectivity index (χ0) is 20.6. The van der Waals surface area contributed by atoms with Crippen molar-refractivity contribution in [2.24, 2.45) is 7.05 Å². The fourth-order valence-electron chi connectivity index (χ4n) is 2.92. The number of sulfonamides is 2. The lowest BCUT2D eigenvalue weighted by molar-refractivity contribution is 0.445. The third-order valence-electron chi connectivity index (χ3n) is 4.51. The molecule has 0 spiro atoms. The van der Waals surface area contributed by atoms with Crippen LogP contribution in [0.5, 0.6) is 0 Å². The van der Waals surface area contributed by atoms with Crippen LogP contribution in [0.15, 0.2) is 28.0 Å². The summed E-state index contributed by atoms with van der Waals surface area (Å²) in [5.74, 6) is 0. The SMILES string of the molecule is CCN(CC)S(=O)(=O)c1ccc(C)c(NS(=O)(=O)c2c(C)nn(C)c2C)c1. The lowest BCUT2D eigenvalue weighted by Gasteiger charge is -2.19. The van der Waals surface area contributed by atoms with Crippen molar-refractivity contribution in [3.05, 3.63) is 35.2 Å². The Morgan fingerprint density at radius 2 is 1.67 bits per heavy atom. The number of aryl methyl sites for hydroxylation is 3. The Morgan fingerprint density at radius 1 is 1.07 bits per heavy atom. The first-order valence-corrected chi connectivity index (χ1v) is 11.5. The number of benzene rings is 1. The van der Waals surface area contributed by atoms with E-state index in [0.29, 0.717) is 30.0 Å². The van der Waals surface area contributed by atoms with Gasteiger partial charge in [0.05, 0.1) is 22.0 Å². The maximum atomic E-state index is 12.9. The molecule has 0 radical (unpaired) electrons. The maximum Gasteiger partial charge on any atom is 0.265 e. The highest BCUT2D eigenvalue weighted by molar-refractivity contribution is 7.92. The third kappa shape index (κ3) is 4.02. The fourth-order valence-corrected chi connectivity index (χ4v) is 5.97. The van der Waals surface area contributed by atoms with Gasteiger partial charge in [0.15, 0.2) is 0 Å². The van der Waals surface area contributed by atoms with Gasteiger partial charge in [0, 0.05) is 20.1 Å². The summed E-state index contributed by atoms with van der Waals surface area (Å²) in [6, 6.07) is 4.44. The number of rotatable bonds is 7. The molecule has 1 aromatic heterocycles. The average molecular weight is 415 g/mol. The van der Waals surface area contributed by atoms with Gasteiger partial charge in [0.2, 0.25) is 10.0 Å². The molecular formula is C17H26N4O4S2. The quantitative estimate of drug-likeness (QED) is 0.748. The van der Waals surface area contributed by atoms with Crippen LogP contribution in [0, 0.1) is 20.8 Å².